The molecular weight excluding hydrogens is 272 g/mol. The van der Waals surface area contributed by atoms with E-state index in [1.54, 1.807) is 25.1 Å². The van der Waals surface area contributed by atoms with Crippen molar-refractivity contribution in [2.75, 3.05) is 5.32 Å². The van der Waals surface area contributed by atoms with Crippen molar-refractivity contribution in [3.05, 3.63) is 42.0 Å². The molecule has 3 N–H and O–H groups in total. The Labute approximate surface area is 122 Å². The topological polar surface area (TPSA) is 95.5 Å². The van der Waals surface area contributed by atoms with Gasteiger partial charge < -0.3 is 15.7 Å². The van der Waals surface area contributed by atoms with E-state index in [0.717, 1.165) is 0 Å². The standard InChI is InChI=1S/C15H18N2O4/c1-9(2)8-13(15(20)21)17-14(19)11-6-4-5-7-12(11)16-10(3)18/h4-7,13H,1,8H2,2-3H3,(H,16,18)(H,17,19)(H,20,21)/t13-/m1/s1. The van der Waals surface area contributed by atoms with E-state index in [1.165, 1.54) is 13.0 Å². The third kappa shape index (κ3) is 5.10. The van der Waals surface area contributed by atoms with Crippen molar-refractivity contribution in [3.63, 3.8) is 0 Å². The maximum atomic E-state index is 12.2. The molecule has 6 nitrogen and oxygen atoms in total. The lowest BCUT2D eigenvalue weighted by atomic mass is 10.1. The Morgan fingerprint density at radius 2 is 1.86 bits per heavy atom. The molecule has 21 heavy (non-hydrogen) atoms. The number of hydrogen-bond donors (Lipinski definition) is 3. The number of para-hydroxylation sites is 1. The number of carbonyl (C=O) groups excluding carboxylic acids is 2. The molecule has 0 heterocycles. The Morgan fingerprint density at radius 3 is 2.38 bits per heavy atom. The zero-order valence-corrected chi connectivity index (χ0v) is 12.0. The van der Waals surface area contributed by atoms with Gasteiger partial charge in [0, 0.05) is 6.92 Å². The van der Waals surface area contributed by atoms with Crippen LogP contribution in [0.4, 0.5) is 5.69 Å². The van der Waals surface area contributed by atoms with Gasteiger partial charge in [-0.1, -0.05) is 17.7 Å². The Hall–Kier alpha value is -2.63. The van der Waals surface area contributed by atoms with Crippen LogP contribution in [0.5, 0.6) is 0 Å². The predicted octanol–water partition coefficient (Wildman–Crippen LogP) is 1.79. The summed E-state index contributed by atoms with van der Waals surface area (Å²) in [7, 11) is 0. The third-order valence-corrected chi connectivity index (χ3v) is 2.64. The number of hydrogen-bond acceptors (Lipinski definition) is 3. The summed E-state index contributed by atoms with van der Waals surface area (Å²) in [6, 6.07) is 5.34. The van der Waals surface area contributed by atoms with Crippen LogP contribution < -0.4 is 10.6 Å². The number of rotatable bonds is 6. The molecule has 0 unspecified atom stereocenters. The van der Waals surface area contributed by atoms with Crippen molar-refractivity contribution in [2.24, 2.45) is 0 Å². The minimum Gasteiger partial charge on any atom is -0.480 e. The van der Waals surface area contributed by atoms with Crippen LogP contribution in [-0.2, 0) is 9.59 Å². The van der Waals surface area contributed by atoms with E-state index < -0.39 is 17.9 Å². The monoisotopic (exact) mass is 290 g/mol. The van der Waals surface area contributed by atoms with Crippen molar-refractivity contribution in [1.82, 2.24) is 5.32 Å². The van der Waals surface area contributed by atoms with E-state index in [-0.39, 0.29) is 17.9 Å². The number of amides is 2. The Balaban J connectivity index is 2.94. The van der Waals surface area contributed by atoms with Gasteiger partial charge in [-0.05, 0) is 25.5 Å². The van der Waals surface area contributed by atoms with Crippen molar-refractivity contribution < 1.29 is 19.5 Å². The maximum absolute atomic E-state index is 12.2. The van der Waals surface area contributed by atoms with Crippen molar-refractivity contribution in [3.8, 4) is 0 Å². The highest BCUT2D eigenvalue weighted by molar-refractivity contribution is 6.04. The lowest BCUT2D eigenvalue weighted by molar-refractivity contribution is -0.139. The van der Waals surface area contributed by atoms with Crippen LogP contribution in [0.3, 0.4) is 0 Å². The molecule has 0 bridgehead atoms. The zero-order chi connectivity index (χ0) is 16.0. The summed E-state index contributed by atoms with van der Waals surface area (Å²) >= 11 is 0. The number of carbonyl (C=O) groups is 3. The fraction of sp³-hybridized carbons (Fsp3) is 0.267. The summed E-state index contributed by atoms with van der Waals surface area (Å²) in [5.74, 6) is -2.01. The van der Waals surface area contributed by atoms with Crippen LogP contribution in [0.1, 0.15) is 30.6 Å². The van der Waals surface area contributed by atoms with E-state index in [0.29, 0.717) is 11.3 Å². The average Bonchev–Trinajstić information content (AvgIpc) is 2.37. The van der Waals surface area contributed by atoms with Gasteiger partial charge in [-0.2, -0.15) is 0 Å². The largest absolute Gasteiger partial charge is 0.480 e. The van der Waals surface area contributed by atoms with Gasteiger partial charge in [0.25, 0.3) is 5.91 Å². The molecule has 0 fully saturated rings. The van der Waals surface area contributed by atoms with Gasteiger partial charge in [0.05, 0.1) is 11.3 Å². The number of carboxylic acid groups (broad SMARTS) is 1. The Morgan fingerprint density at radius 1 is 1.24 bits per heavy atom. The van der Waals surface area contributed by atoms with Gasteiger partial charge in [0.15, 0.2) is 0 Å². The van der Waals surface area contributed by atoms with Crippen LogP contribution in [0, 0.1) is 0 Å². The van der Waals surface area contributed by atoms with Crippen LogP contribution in [0.2, 0.25) is 0 Å². The van der Waals surface area contributed by atoms with Crippen LogP contribution in [0.15, 0.2) is 36.4 Å². The van der Waals surface area contributed by atoms with E-state index in [1.807, 2.05) is 0 Å². The third-order valence-electron chi connectivity index (χ3n) is 2.64. The normalized spacial score (nSPS) is 11.3. The molecule has 0 aliphatic heterocycles. The summed E-state index contributed by atoms with van der Waals surface area (Å²) in [4.78, 5) is 34.4. The van der Waals surface area contributed by atoms with Crippen molar-refractivity contribution in [1.29, 1.82) is 0 Å². The van der Waals surface area contributed by atoms with Gasteiger partial charge in [-0.3, -0.25) is 9.59 Å². The molecule has 0 aliphatic carbocycles. The van der Waals surface area contributed by atoms with Crippen molar-refractivity contribution >= 4 is 23.5 Å². The Bertz CT molecular complexity index is 581. The van der Waals surface area contributed by atoms with Gasteiger partial charge in [0.2, 0.25) is 5.91 Å². The first-order valence-corrected chi connectivity index (χ1v) is 6.36. The molecular formula is C15H18N2O4. The van der Waals surface area contributed by atoms with E-state index in [9.17, 15) is 14.4 Å². The minimum atomic E-state index is -1.14. The molecule has 1 aromatic rings. The lowest BCUT2D eigenvalue weighted by Crippen LogP contribution is -2.41. The predicted molar refractivity (Wildman–Crippen MR) is 79.1 cm³/mol. The number of carboxylic acids is 1. The maximum Gasteiger partial charge on any atom is 0.326 e. The number of aliphatic carboxylic acids is 1. The first-order valence-electron chi connectivity index (χ1n) is 6.36. The summed E-state index contributed by atoms with van der Waals surface area (Å²) < 4.78 is 0. The molecule has 112 valence electrons. The number of anilines is 1. The fourth-order valence-electron chi connectivity index (χ4n) is 1.76. The van der Waals surface area contributed by atoms with Crippen LogP contribution >= 0.6 is 0 Å². The van der Waals surface area contributed by atoms with Crippen LogP contribution in [-0.4, -0.2) is 28.9 Å². The molecule has 0 aliphatic rings. The van der Waals surface area contributed by atoms with E-state index in [2.05, 4.69) is 17.2 Å². The highest BCUT2D eigenvalue weighted by Crippen LogP contribution is 2.15. The first kappa shape index (κ1) is 16.4. The quantitative estimate of drug-likeness (QED) is 0.696. The second kappa shape index (κ2) is 7.23. The summed E-state index contributed by atoms with van der Waals surface area (Å²) in [6.07, 6.45) is 0.142. The summed E-state index contributed by atoms with van der Waals surface area (Å²) in [5.41, 5.74) is 1.19. The highest BCUT2D eigenvalue weighted by atomic mass is 16.4. The van der Waals surface area contributed by atoms with Gasteiger partial charge >= 0.3 is 5.97 Å². The SMILES string of the molecule is C=C(C)C[C@@H](NC(=O)c1ccccc1NC(C)=O)C(=O)O. The smallest absolute Gasteiger partial charge is 0.326 e. The number of nitrogens with one attached hydrogen (secondary N) is 2. The summed E-state index contributed by atoms with van der Waals surface area (Å²) in [5, 5.41) is 14.1. The molecule has 6 heteroatoms. The molecule has 0 radical (unpaired) electrons. The molecule has 1 rings (SSSR count). The first-order chi connectivity index (χ1) is 9.81. The molecule has 0 saturated heterocycles. The molecule has 0 aromatic heterocycles. The van der Waals surface area contributed by atoms with E-state index in [4.69, 9.17) is 5.11 Å². The fourth-order valence-corrected chi connectivity index (χ4v) is 1.76. The molecule has 0 saturated carbocycles. The van der Waals surface area contributed by atoms with Crippen molar-refractivity contribution in [2.45, 2.75) is 26.3 Å². The molecule has 1 aromatic carbocycles. The molecule has 2 amide bonds. The van der Waals surface area contributed by atoms with Crippen LogP contribution in [0.25, 0.3) is 0 Å². The molecule has 0 spiro atoms. The van der Waals surface area contributed by atoms with E-state index >= 15 is 0 Å². The second-order valence-electron chi connectivity index (χ2n) is 4.75. The second-order valence-corrected chi connectivity index (χ2v) is 4.75. The van der Waals surface area contributed by atoms with Gasteiger partial charge in [-0.25, -0.2) is 4.79 Å². The average molecular weight is 290 g/mol. The molecule has 1 atom stereocenters. The Kier molecular flexibility index (Phi) is 5.66. The minimum absolute atomic E-state index is 0.142. The van der Waals surface area contributed by atoms with Gasteiger partial charge in [-0.15, -0.1) is 6.58 Å². The zero-order valence-electron chi connectivity index (χ0n) is 12.0. The van der Waals surface area contributed by atoms with Gasteiger partial charge in [0.1, 0.15) is 6.04 Å². The highest BCUT2D eigenvalue weighted by Gasteiger charge is 2.22. The summed E-state index contributed by atoms with van der Waals surface area (Å²) in [6.45, 7) is 6.66. The number of benzene rings is 1. The lowest BCUT2D eigenvalue weighted by Gasteiger charge is -2.16.